The number of hydrogen-bond acceptors (Lipinski definition) is 4. The summed E-state index contributed by atoms with van der Waals surface area (Å²) >= 11 is 0. The van der Waals surface area contributed by atoms with Gasteiger partial charge < -0.3 is 11.5 Å². The highest BCUT2D eigenvalue weighted by atomic mass is 19.1. The fourth-order valence-corrected chi connectivity index (χ4v) is 1.26. The Morgan fingerprint density at radius 3 is 2.73 bits per heavy atom. The lowest BCUT2D eigenvalue weighted by Crippen LogP contribution is -2.16. The minimum Gasteiger partial charge on any atom is -0.330 e. The first-order chi connectivity index (χ1) is 7.06. The standard InChI is InChI=1S/C9H12FN3O2/c10-8-2-1-6(13(14)15)5-7(8)9(12)3-4-11/h1-2,5,9H,3-4,11-12H2/t9-/m1/s1. The molecule has 0 unspecified atom stereocenters. The van der Waals surface area contributed by atoms with Gasteiger partial charge in [-0.1, -0.05) is 0 Å². The van der Waals surface area contributed by atoms with Crippen LogP contribution in [0.25, 0.3) is 0 Å². The molecule has 0 aromatic heterocycles. The molecule has 5 nitrogen and oxygen atoms in total. The molecule has 4 N–H and O–H groups in total. The maximum absolute atomic E-state index is 13.3. The number of nitrogens with two attached hydrogens (primary N) is 2. The molecule has 6 heteroatoms. The Kier molecular flexibility index (Phi) is 3.70. The van der Waals surface area contributed by atoms with Crippen molar-refractivity contribution in [2.24, 2.45) is 11.5 Å². The molecule has 0 fully saturated rings. The third-order valence-electron chi connectivity index (χ3n) is 2.07. The third-order valence-corrected chi connectivity index (χ3v) is 2.07. The van der Waals surface area contributed by atoms with Gasteiger partial charge in [0.1, 0.15) is 5.82 Å². The molecular weight excluding hydrogens is 201 g/mol. The molecular formula is C9H12FN3O2. The van der Waals surface area contributed by atoms with Crippen LogP contribution in [-0.2, 0) is 0 Å². The molecule has 0 bridgehead atoms. The Balaban J connectivity index is 3.04. The highest BCUT2D eigenvalue weighted by Gasteiger charge is 2.15. The largest absolute Gasteiger partial charge is 0.330 e. The van der Waals surface area contributed by atoms with Gasteiger partial charge in [0.15, 0.2) is 0 Å². The van der Waals surface area contributed by atoms with Crippen LogP contribution >= 0.6 is 0 Å². The van der Waals surface area contributed by atoms with Crippen LogP contribution < -0.4 is 11.5 Å². The van der Waals surface area contributed by atoms with Crippen molar-refractivity contribution in [2.75, 3.05) is 6.54 Å². The van der Waals surface area contributed by atoms with Gasteiger partial charge in [-0.15, -0.1) is 0 Å². The second-order valence-electron chi connectivity index (χ2n) is 3.15. The molecule has 0 heterocycles. The molecule has 0 aliphatic heterocycles. The van der Waals surface area contributed by atoms with E-state index in [1.54, 1.807) is 0 Å². The van der Waals surface area contributed by atoms with Crippen molar-refractivity contribution in [1.82, 2.24) is 0 Å². The number of rotatable bonds is 4. The Morgan fingerprint density at radius 2 is 2.20 bits per heavy atom. The SMILES string of the molecule is NCC[C@@H](N)c1cc([N+](=O)[O-])ccc1F. The second-order valence-corrected chi connectivity index (χ2v) is 3.15. The number of non-ortho nitro benzene ring substituents is 1. The summed E-state index contributed by atoms with van der Waals surface area (Å²) in [5.74, 6) is -0.540. The van der Waals surface area contributed by atoms with Crippen LogP contribution in [0.3, 0.4) is 0 Å². The van der Waals surface area contributed by atoms with Crippen molar-refractivity contribution in [3.8, 4) is 0 Å². The number of halogens is 1. The maximum Gasteiger partial charge on any atom is 0.269 e. The van der Waals surface area contributed by atoms with Crippen molar-refractivity contribution in [2.45, 2.75) is 12.5 Å². The van der Waals surface area contributed by atoms with Crippen LogP contribution in [0.2, 0.25) is 0 Å². The minimum atomic E-state index is -0.602. The highest BCUT2D eigenvalue weighted by molar-refractivity contribution is 5.36. The molecule has 1 aromatic rings. The predicted molar refractivity (Wildman–Crippen MR) is 53.7 cm³/mol. The maximum atomic E-state index is 13.3. The van der Waals surface area contributed by atoms with E-state index in [2.05, 4.69) is 0 Å². The number of nitrogens with zero attached hydrogens (tertiary/aromatic N) is 1. The molecule has 0 amide bonds. The van der Waals surface area contributed by atoms with Gasteiger partial charge in [-0.05, 0) is 19.0 Å². The molecule has 0 saturated heterocycles. The summed E-state index contributed by atoms with van der Waals surface area (Å²) in [4.78, 5) is 9.88. The fourth-order valence-electron chi connectivity index (χ4n) is 1.26. The van der Waals surface area contributed by atoms with Gasteiger partial charge >= 0.3 is 0 Å². The summed E-state index contributed by atoms with van der Waals surface area (Å²) in [6.45, 7) is 0.309. The van der Waals surface area contributed by atoms with Crippen LogP contribution in [0, 0.1) is 15.9 Å². The lowest BCUT2D eigenvalue weighted by molar-refractivity contribution is -0.385. The van der Waals surface area contributed by atoms with Gasteiger partial charge in [-0.3, -0.25) is 10.1 Å². The Bertz CT molecular complexity index is 370. The van der Waals surface area contributed by atoms with Gasteiger partial charge in [0.2, 0.25) is 0 Å². The molecule has 0 spiro atoms. The van der Waals surface area contributed by atoms with E-state index < -0.39 is 16.8 Å². The van der Waals surface area contributed by atoms with Crippen LogP contribution in [0.4, 0.5) is 10.1 Å². The molecule has 0 aliphatic rings. The second kappa shape index (κ2) is 4.81. The summed E-state index contributed by atoms with van der Waals surface area (Å²) in [7, 11) is 0. The number of hydrogen-bond donors (Lipinski definition) is 2. The first kappa shape index (κ1) is 11.5. The average Bonchev–Trinajstić information content (AvgIpc) is 2.18. The van der Waals surface area contributed by atoms with E-state index in [4.69, 9.17) is 11.5 Å². The monoisotopic (exact) mass is 213 g/mol. The predicted octanol–water partition coefficient (Wildman–Crippen LogP) is 1.08. The van der Waals surface area contributed by atoms with Gasteiger partial charge in [0.05, 0.1) is 4.92 Å². The molecule has 0 radical (unpaired) electrons. The van der Waals surface area contributed by atoms with E-state index in [0.29, 0.717) is 13.0 Å². The van der Waals surface area contributed by atoms with Gasteiger partial charge in [0, 0.05) is 23.7 Å². The molecule has 1 atom stereocenters. The summed E-state index contributed by atoms with van der Waals surface area (Å²) in [5.41, 5.74) is 10.9. The minimum absolute atomic E-state index is 0.134. The number of benzene rings is 1. The van der Waals surface area contributed by atoms with E-state index in [-0.39, 0.29) is 11.3 Å². The lowest BCUT2D eigenvalue weighted by atomic mass is 10.0. The van der Waals surface area contributed by atoms with Crippen molar-refractivity contribution >= 4 is 5.69 Å². The Labute approximate surface area is 86.0 Å². The van der Waals surface area contributed by atoms with Gasteiger partial charge in [-0.25, -0.2) is 4.39 Å². The average molecular weight is 213 g/mol. The van der Waals surface area contributed by atoms with Crippen LogP contribution in [-0.4, -0.2) is 11.5 Å². The van der Waals surface area contributed by atoms with E-state index in [9.17, 15) is 14.5 Å². The van der Waals surface area contributed by atoms with Crippen molar-refractivity contribution in [3.63, 3.8) is 0 Å². The number of nitro benzene ring substituents is 1. The quantitative estimate of drug-likeness (QED) is 0.577. The summed E-state index contributed by atoms with van der Waals surface area (Å²) in [5, 5.41) is 10.5. The fraction of sp³-hybridized carbons (Fsp3) is 0.333. The molecule has 1 rings (SSSR count). The Hall–Kier alpha value is -1.53. The third kappa shape index (κ3) is 2.71. The van der Waals surface area contributed by atoms with Crippen LogP contribution in [0.1, 0.15) is 18.0 Å². The first-order valence-corrected chi connectivity index (χ1v) is 4.45. The zero-order valence-electron chi connectivity index (χ0n) is 8.02. The van der Waals surface area contributed by atoms with Gasteiger partial charge in [-0.2, -0.15) is 0 Å². The Morgan fingerprint density at radius 1 is 1.53 bits per heavy atom. The van der Waals surface area contributed by atoms with E-state index in [0.717, 1.165) is 18.2 Å². The zero-order valence-corrected chi connectivity index (χ0v) is 8.02. The molecule has 15 heavy (non-hydrogen) atoms. The summed E-state index contributed by atoms with van der Waals surface area (Å²) in [6.07, 6.45) is 0.387. The lowest BCUT2D eigenvalue weighted by Gasteiger charge is -2.11. The van der Waals surface area contributed by atoms with E-state index >= 15 is 0 Å². The van der Waals surface area contributed by atoms with Gasteiger partial charge in [0.25, 0.3) is 5.69 Å². The van der Waals surface area contributed by atoms with E-state index in [1.165, 1.54) is 0 Å². The van der Waals surface area contributed by atoms with Crippen molar-refractivity contribution < 1.29 is 9.31 Å². The summed E-state index contributed by atoms with van der Waals surface area (Å²) in [6, 6.07) is 2.70. The molecule has 0 saturated carbocycles. The van der Waals surface area contributed by atoms with Crippen LogP contribution in [0.5, 0.6) is 0 Å². The highest BCUT2D eigenvalue weighted by Crippen LogP contribution is 2.22. The molecule has 82 valence electrons. The smallest absolute Gasteiger partial charge is 0.269 e. The van der Waals surface area contributed by atoms with Crippen molar-refractivity contribution in [1.29, 1.82) is 0 Å². The van der Waals surface area contributed by atoms with E-state index in [1.807, 2.05) is 0 Å². The van der Waals surface area contributed by atoms with Crippen LogP contribution in [0.15, 0.2) is 18.2 Å². The zero-order chi connectivity index (χ0) is 11.4. The molecule has 0 aliphatic carbocycles. The number of nitro groups is 1. The first-order valence-electron chi connectivity index (χ1n) is 4.45. The summed E-state index contributed by atoms with van der Waals surface area (Å²) < 4.78 is 13.3. The van der Waals surface area contributed by atoms with Crippen molar-refractivity contribution in [3.05, 3.63) is 39.7 Å². The normalized spacial score (nSPS) is 12.5. The molecule has 1 aromatic carbocycles. The topological polar surface area (TPSA) is 95.2 Å².